The van der Waals surface area contributed by atoms with Crippen LogP contribution < -0.4 is 10.1 Å². The highest BCUT2D eigenvalue weighted by Crippen LogP contribution is 2.33. The lowest BCUT2D eigenvalue weighted by Crippen LogP contribution is -2.39. The van der Waals surface area contributed by atoms with E-state index in [0.29, 0.717) is 30.9 Å². The van der Waals surface area contributed by atoms with Crippen LogP contribution in [0.5, 0.6) is 5.75 Å². The normalized spacial score (nSPS) is 15.1. The first kappa shape index (κ1) is 20.5. The lowest BCUT2D eigenvalue weighted by molar-refractivity contribution is -0.129. The summed E-state index contributed by atoms with van der Waals surface area (Å²) in [6, 6.07) is 8.75. The predicted molar refractivity (Wildman–Crippen MR) is 99.7 cm³/mol. The number of nitrogens with one attached hydrogen (secondary N) is 1. The smallest absolute Gasteiger partial charge is 0.294 e. The summed E-state index contributed by atoms with van der Waals surface area (Å²) in [5.74, 6) is -0.513. The van der Waals surface area contributed by atoms with Gasteiger partial charge in [0, 0.05) is 25.8 Å². The number of rotatable bonds is 9. The number of hydrogen-bond donors (Lipinski definition) is 1. The Kier molecular flexibility index (Phi) is 7.85. The van der Waals surface area contributed by atoms with E-state index in [0.717, 1.165) is 16.7 Å². The SMILES string of the molecule is COCCCNC(=O)CN1C(=O)S/C(=C\c2ccccc2OCC#N)C1=O. The van der Waals surface area contributed by atoms with Gasteiger partial charge in [0.2, 0.25) is 5.91 Å². The first-order chi connectivity index (χ1) is 13.1. The second-order valence-electron chi connectivity index (χ2n) is 5.45. The van der Waals surface area contributed by atoms with Crippen molar-refractivity contribution in [2.24, 2.45) is 0 Å². The number of para-hydroxylation sites is 1. The fourth-order valence-electron chi connectivity index (χ4n) is 2.26. The number of methoxy groups -OCH3 is 1. The molecule has 1 heterocycles. The van der Waals surface area contributed by atoms with E-state index in [4.69, 9.17) is 14.7 Å². The molecule has 0 spiro atoms. The van der Waals surface area contributed by atoms with E-state index in [1.165, 1.54) is 6.08 Å². The van der Waals surface area contributed by atoms with Crippen molar-refractivity contribution in [2.75, 3.05) is 33.4 Å². The monoisotopic (exact) mass is 389 g/mol. The molecule has 142 valence electrons. The largest absolute Gasteiger partial charge is 0.478 e. The molecule has 0 saturated carbocycles. The van der Waals surface area contributed by atoms with Gasteiger partial charge in [-0.25, -0.2) is 0 Å². The Hall–Kier alpha value is -2.83. The van der Waals surface area contributed by atoms with Gasteiger partial charge >= 0.3 is 0 Å². The van der Waals surface area contributed by atoms with Crippen LogP contribution in [0.1, 0.15) is 12.0 Å². The summed E-state index contributed by atoms with van der Waals surface area (Å²) in [6.45, 7) is 0.456. The van der Waals surface area contributed by atoms with Crippen LogP contribution in [0, 0.1) is 11.3 Å². The third kappa shape index (κ3) is 5.84. The van der Waals surface area contributed by atoms with Crippen molar-refractivity contribution in [1.29, 1.82) is 5.26 Å². The second kappa shape index (κ2) is 10.4. The Bertz CT molecular complexity index is 787. The number of carbonyl (C=O) groups excluding carboxylic acids is 3. The van der Waals surface area contributed by atoms with Crippen molar-refractivity contribution in [2.45, 2.75) is 6.42 Å². The Labute approximate surface area is 161 Å². The van der Waals surface area contributed by atoms with Crippen LogP contribution in [0.25, 0.3) is 6.08 Å². The molecule has 1 aliphatic heterocycles. The lowest BCUT2D eigenvalue weighted by atomic mass is 10.2. The summed E-state index contributed by atoms with van der Waals surface area (Å²) >= 11 is 0.761. The Balaban J connectivity index is 2.04. The second-order valence-corrected chi connectivity index (χ2v) is 6.44. The van der Waals surface area contributed by atoms with Crippen LogP contribution in [0.3, 0.4) is 0 Å². The zero-order chi connectivity index (χ0) is 19.6. The molecular formula is C18H19N3O5S. The highest BCUT2D eigenvalue weighted by Gasteiger charge is 2.36. The summed E-state index contributed by atoms with van der Waals surface area (Å²) in [5.41, 5.74) is 0.572. The fraction of sp³-hybridized carbons (Fsp3) is 0.333. The van der Waals surface area contributed by atoms with Crippen molar-refractivity contribution in [1.82, 2.24) is 10.2 Å². The average molecular weight is 389 g/mol. The zero-order valence-electron chi connectivity index (χ0n) is 14.8. The van der Waals surface area contributed by atoms with Gasteiger partial charge in [-0.2, -0.15) is 5.26 Å². The minimum absolute atomic E-state index is 0.129. The molecule has 0 bridgehead atoms. The third-order valence-electron chi connectivity index (χ3n) is 3.52. The van der Waals surface area contributed by atoms with Crippen LogP contribution >= 0.6 is 11.8 Å². The summed E-state index contributed by atoms with van der Waals surface area (Å²) in [4.78, 5) is 37.6. The highest BCUT2D eigenvalue weighted by molar-refractivity contribution is 8.18. The van der Waals surface area contributed by atoms with Crippen LogP contribution in [0.15, 0.2) is 29.2 Å². The molecule has 27 heavy (non-hydrogen) atoms. The van der Waals surface area contributed by atoms with Crippen molar-refractivity contribution in [3.05, 3.63) is 34.7 Å². The van der Waals surface area contributed by atoms with E-state index in [1.54, 1.807) is 31.4 Å². The lowest BCUT2D eigenvalue weighted by Gasteiger charge is -2.12. The molecule has 0 unspecified atom stereocenters. The Morgan fingerprint density at radius 1 is 1.37 bits per heavy atom. The van der Waals surface area contributed by atoms with E-state index in [9.17, 15) is 14.4 Å². The molecule has 1 aromatic rings. The van der Waals surface area contributed by atoms with Crippen molar-refractivity contribution < 1.29 is 23.9 Å². The van der Waals surface area contributed by atoms with Gasteiger partial charge in [-0.05, 0) is 30.3 Å². The molecule has 1 aromatic carbocycles. The molecule has 1 aliphatic rings. The maximum absolute atomic E-state index is 12.5. The van der Waals surface area contributed by atoms with Gasteiger partial charge < -0.3 is 14.8 Å². The molecule has 0 aliphatic carbocycles. The molecule has 1 saturated heterocycles. The molecule has 0 atom stereocenters. The number of nitrogens with zero attached hydrogens (tertiary/aromatic N) is 2. The van der Waals surface area contributed by atoms with Gasteiger partial charge in [0.05, 0.1) is 4.91 Å². The van der Waals surface area contributed by atoms with Crippen molar-refractivity contribution in [3.63, 3.8) is 0 Å². The molecule has 3 amide bonds. The minimum atomic E-state index is -0.535. The van der Waals surface area contributed by atoms with Gasteiger partial charge in [-0.3, -0.25) is 19.3 Å². The number of amides is 3. The zero-order valence-corrected chi connectivity index (χ0v) is 15.6. The van der Waals surface area contributed by atoms with Crippen LogP contribution in [0.4, 0.5) is 4.79 Å². The topological polar surface area (TPSA) is 109 Å². The maximum atomic E-state index is 12.5. The van der Waals surface area contributed by atoms with Gasteiger partial charge in [-0.1, -0.05) is 18.2 Å². The van der Waals surface area contributed by atoms with E-state index in [2.05, 4.69) is 5.32 Å². The Morgan fingerprint density at radius 2 is 2.15 bits per heavy atom. The number of nitriles is 1. The summed E-state index contributed by atoms with van der Waals surface area (Å²) in [5, 5.41) is 10.8. The molecule has 0 radical (unpaired) electrons. The van der Waals surface area contributed by atoms with Gasteiger partial charge in [0.1, 0.15) is 18.4 Å². The highest BCUT2D eigenvalue weighted by atomic mass is 32.2. The number of hydrogen-bond acceptors (Lipinski definition) is 7. The molecule has 9 heteroatoms. The first-order valence-corrected chi connectivity index (χ1v) is 8.98. The van der Waals surface area contributed by atoms with Gasteiger partial charge in [-0.15, -0.1) is 0 Å². The molecule has 8 nitrogen and oxygen atoms in total. The summed E-state index contributed by atoms with van der Waals surface area (Å²) in [7, 11) is 1.57. The molecule has 2 rings (SSSR count). The number of imide groups is 1. The van der Waals surface area contributed by atoms with Crippen LogP contribution in [-0.2, 0) is 14.3 Å². The van der Waals surface area contributed by atoms with E-state index in [1.807, 2.05) is 6.07 Å². The average Bonchev–Trinajstić information content (AvgIpc) is 2.92. The number of carbonyl (C=O) groups is 3. The third-order valence-corrected chi connectivity index (χ3v) is 4.43. The minimum Gasteiger partial charge on any atom is -0.478 e. The van der Waals surface area contributed by atoms with Gasteiger partial charge in [0.15, 0.2) is 6.61 Å². The van der Waals surface area contributed by atoms with E-state index >= 15 is 0 Å². The molecule has 0 aromatic heterocycles. The number of benzene rings is 1. The molecule has 1 fully saturated rings. The van der Waals surface area contributed by atoms with Crippen LogP contribution in [0.2, 0.25) is 0 Å². The van der Waals surface area contributed by atoms with Crippen molar-refractivity contribution >= 4 is 34.9 Å². The van der Waals surface area contributed by atoms with E-state index < -0.39 is 17.1 Å². The van der Waals surface area contributed by atoms with Gasteiger partial charge in [0.25, 0.3) is 11.1 Å². The predicted octanol–water partition coefficient (Wildman–Crippen LogP) is 1.78. The van der Waals surface area contributed by atoms with Crippen molar-refractivity contribution in [3.8, 4) is 11.8 Å². The standard InChI is InChI=1S/C18H19N3O5S/c1-25-9-4-8-20-16(22)12-21-17(23)15(27-18(21)24)11-13-5-2-3-6-14(13)26-10-7-19/h2-3,5-6,11H,4,8-10,12H2,1H3,(H,20,22)/b15-11-. The Morgan fingerprint density at radius 3 is 2.89 bits per heavy atom. The quantitative estimate of drug-likeness (QED) is 0.506. The molecule has 1 N–H and O–H groups in total. The summed E-state index contributed by atoms with van der Waals surface area (Å²) < 4.78 is 10.2. The maximum Gasteiger partial charge on any atom is 0.294 e. The first-order valence-electron chi connectivity index (χ1n) is 8.16. The number of thioether (sulfide) groups is 1. The summed E-state index contributed by atoms with van der Waals surface area (Å²) in [6.07, 6.45) is 2.16. The molecular weight excluding hydrogens is 370 g/mol. The van der Waals surface area contributed by atoms with E-state index in [-0.39, 0.29) is 18.1 Å². The number of ether oxygens (including phenoxy) is 2. The fourth-order valence-corrected chi connectivity index (χ4v) is 3.09. The van der Waals surface area contributed by atoms with Crippen LogP contribution in [-0.4, -0.2) is 55.4 Å².